The molecule has 1 atom stereocenters. The van der Waals surface area contributed by atoms with Gasteiger partial charge in [0.1, 0.15) is 0 Å². The number of piperazine rings is 1. The van der Waals surface area contributed by atoms with Gasteiger partial charge in [0.15, 0.2) is 5.13 Å². The summed E-state index contributed by atoms with van der Waals surface area (Å²) in [6.07, 6.45) is 6.20. The second-order valence-corrected chi connectivity index (χ2v) is 7.37. The molecule has 2 saturated heterocycles. The molecule has 20 heavy (non-hydrogen) atoms. The zero-order valence-electron chi connectivity index (χ0n) is 12.6. The predicted molar refractivity (Wildman–Crippen MR) is 85.5 cm³/mol. The third kappa shape index (κ3) is 3.32. The van der Waals surface area contributed by atoms with E-state index in [2.05, 4.69) is 33.9 Å². The fourth-order valence-electron chi connectivity index (χ4n) is 3.16. The van der Waals surface area contributed by atoms with Crippen molar-refractivity contribution in [2.45, 2.75) is 51.7 Å². The molecule has 0 radical (unpaired) electrons. The van der Waals surface area contributed by atoms with Gasteiger partial charge in [-0.05, 0) is 19.4 Å². The maximum absolute atomic E-state index is 4.64. The molecule has 3 rings (SSSR count). The average molecular weight is 294 g/mol. The van der Waals surface area contributed by atoms with Crippen LogP contribution in [0.15, 0.2) is 6.20 Å². The van der Waals surface area contributed by atoms with Crippen molar-refractivity contribution in [1.82, 2.24) is 15.2 Å². The molecule has 1 aromatic rings. The van der Waals surface area contributed by atoms with Crippen molar-refractivity contribution in [3.8, 4) is 0 Å². The van der Waals surface area contributed by atoms with Gasteiger partial charge in [0, 0.05) is 49.3 Å². The summed E-state index contributed by atoms with van der Waals surface area (Å²) in [6.45, 7) is 10.1. The smallest absolute Gasteiger partial charge is 0.185 e. The molecule has 1 unspecified atom stereocenters. The minimum Gasteiger partial charge on any atom is -0.345 e. The summed E-state index contributed by atoms with van der Waals surface area (Å²) < 4.78 is 0. The average Bonchev–Trinajstić information content (AvgIpc) is 2.93. The first-order valence-corrected chi connectivity index (χ1v) is 8.71. The van der Waals surface area contributed by atoms with Gasteiger partial charge in [0.2, 0.25) is 0 Å². The lowest BCUT2D eigenvalue weighted by Gasteiger charge is -2.44. The lowest BCUT2D eigenvalue weighted by molar-refractivity contribution is 0.133. The standard InChI is InChI=1S/C15H26N4S/c1-12(2)16-9-14-10-17-15(20-14)19-8-7-18-6-4-3-5-13(18)11-19/h10,12-13,16H,3-9,11H2,1-2H3. The van der Waals surface area contributed by atoms with Crippen molar-refractivity contribution >= 4 is 16.5 Å². The molecule has 1 N–H and O–H groups in total. The molecule has 3 heterocycles. The van der Waals surface area contributed by atoms with Crippen LogP contribution in [0.4, 0.5) is 5.13 Å². The molecule has 0 aromatic carbocycles. The van der Waals surface area contributed by atoms with E-state index in [4.69, 9.17) is 0 Å². The van der Waals surface area contributed by atoms with Crippen LogP contribution < -0.4 is 10.2 Å². The highest BCUT2D eigenvalue weighted by Gasteiger charge is 2.29. The van der Waals surface area contributed by atoms with E-state index in [0.29, 0.717) is 6.04 Å². The summed E-state index contributed by atoms with van der Waals surface area (Å²) in [7, 11) is 0. The Morgan fingerprint density at radius 3 is 3.10 bits per heavy atom. The number of piperidine rings is 1. The number of hydrogen-bond donors (Lipinski definition) is 1. The number of rotatable bonds is 4. The van der Waals surface area contributed by atoms with Gasteiger partial charge in [0.05, 0.1) is 0 Å². The Morgan fingerprint density at radius 1 is 1.35 bits per heavy atom. The largest absolute Gasteiger partial charge is 0.345 e. The fourth-order valence-corrected chi connectivity index (χ4v) is 4.06. The quantitative estimate of drug-likeness (QED) is 0.923. The summed E-state index contributed by atoms with van der Waals surface area (Å²) in [5.74, 6) is 0. The third-order valence-corrected chi connectivity index (χ3v) is 5.39. The number of nitrogens with one attached hydrogen (secondary N) is 1. The van der Waals surface area contributed by atoms with Crippen LogP contribution in [0.3, 0.4) is 0 Å². The molecule has 0 aliphatic carbocycles. The highest BCUT2D eigenvalue weighted by molar-refractivity contribution is 7.15. The molecular formula is C15H26N4S. The van der Waals surface area contributed by atoms with Crippen molar-refractivity contribution in [2.75, 3.05) is 31.1 Å². The van der Waals surface area contributed by atoms with E-state index in [1.165, 1.54) is 48.9 Å². The number of aromatic nitrogens is 1. The topological polar surface area (TPSA) is 31.4 Å². The lowest BCUT2D eigenvalue weighted by Crippen LogP contribution is -2.54. The molecule has 4 nitrogen and oxygen atoms in total. The first-order valence-electron chi connectivity index (χ1n) is 7.89. The summed E-state index contributed by atoms with van der Waals surface area (Å²) in [5, 5.41) is 4.69. The Bertz CT molecular complexity index is 431. The zero-order valence-corrected chi connectivity index (χ0v) is 13.5. The first-order chi connectivity index (χ1) is 9.72. The van der Waals surface area contributed by atoms with Crippen LogP contribution in [0, 0.1) is 0 Å². The Kier molecular flexibility index (Phi) is 4.58. The van der Waals surface area contributed by atoms with E-state index in [0.717, 1.165) is 19.1 Å². The third-order valence-electron chi connectivity index (χ3n) is 4.33. The fraction of sp³-hybridized carbons (Fsp3) is 0.800. The van der Waals surface area contributed by atoms with Crippen LogP contribution in [-0.4, -0.2) is 48.1 Å². The van der Waals surface area contributed by atoms with Crippen LogP contribution in [-0.2, 0) is 6.54 Å². The Labute approximate surface area is 126 Å². The molecule has 5 heteroatoms. The first kappa shape index (κ1) is 14.3. The number of anilines is 1. The van der Waals surface area contributed by atoms with E-state index in [1.807, 2.05) is 17.5 Å². The van der Waals surface area contributed by atoms with Gasteiger partial charge in [-0.3, -0.25) is 4.90 Å². The molecule has 2 aliphatic rings. The Morgan fingerprint density at radius 2 is 2.25 bits per heavy atom. The number of nitrogens with zero attached hydrogens (tertiary/aromatic N) is 3. The normalized spacial score (nSPS) is 24.1. The SMILES string of the molecule is CC(C)NCc1cnc(N2CCN3CCCCC3C2)s1. The highest BCUT2D eigenvalue weighted by Crippen LogP contribution is 2.28. The molecule has 0 saturated carbocycles. The maximum Gasteiger partial charge on any atom is 0.185 e. The van der Waals surface area contributed by atoms with E-state index in [9.17, 15) is 0 Å². The molecule has 0 amide bonds. The number of hydrogen-bond acceptors (Lipinski definition) is 5. The lowest BCUT2D eigenvalue weighted by atomic mass is 10.00. The summed E-state index contributed by atoms with van der Waals surface area (Å²) in [6, 6.07) is 1.30. The van der Waals surface area contributed by atoms with Crippen LogP contribution in [0.5, 0.6) is 0 Å². The second kappa shape index (κ2) is 6.41. The molecule has 2 fully saturated rings. The second-order valence-electron chi connectivity index (χ2n) is 6.28. The van der Waals surface area contributed by atoms with Gasteiger partial charge in [-0.2, -0.15) is 0 Å². The summed E-state index contributed by atoms with van der Waals surface area (Å²) in [5.41, 5.74) is 0. The molecular weight excluding hydrogens is 268 g/mol. The minimum atomic E-state index is 0.534. The maximum atomic E-state index is 4.64. The predicted octanol–water partition coefficient (Wildman–Crippen LogP) is 2.32. The van der Waals surface area contributed by atoms with Gasteiger partial charge in [-0.25, -0.2) is 4.98 Å². The highest BCUT2D eigenvalue weighted by atomic mass is 32.1. The molecule has 0 spiro atoms. The van der Waals surface area contributed by atoms with E-state index >= 15 is 0 Å². The van der Waals surface area contributed by atoms with Gasteiger partial charge >= 0.3 is 0 Å². The molecule has 1 aromatic heterocycles. The van der Waals surface area contributed by atoms with Crippen molar-refractivity contribution in [3.05, 3.63) is 11.1 Å². The van der Waals surface area contributed by atoms with E-state index in [-0.39, 0.29) is 0 Å². The van der Waals surface area contributed by atoms with Gasteiger partial charge in [0.25, 0.3) is 0 Å². The van der Waals surface area contributed by atoms with Crippen LogP contribution >= 0.6 is 11.3 Å². The monoisotopic (exact) mass is 294 g/mol. The van der Waals surface area contributed by atoms with Crippen molar-refractivity contribution < 1.29 is 0 Å². The Hall–Kier alpha value is -0.650. The van der Waals surface area contributed by atoms with Crippen LogP contribution in [0.1, 0.15) is 38.0 Å². The van der Waals surface area contributed by atoms with E-state index in [1.54, 1.807) is 0 Å². The molecule has 0 bridgehead atoms. The molecule has 2 aliphatic heterocycles. The van der Waals surface area contributed by atoms with Crippen LogP contribution in [0.2, 0.25) is 0 Å². The van der Waals surface area contributed by atoms with Crippen molar-refractivity contribution in [3.63, 3.8) is 0 Å². The molecule has 112 valence electrons. The van der Waals surface area contributed by atoms with Crippen molar-refractivity contribution in [1.29, 1.82) is 0 Å². The van der Waals surface area contributed by atoms with Crippen LogP contribution in [0.25, 0.3) is 0 Å². The summed E-state index contributed by atoms with van der Waals surface area (Å²) >= 11 is 1.85. The van der Waals surface area contributed by atoms with Gasteiger partial charge in [-0.15, -0.1) is 11.3 Å². The number of fused-ring (bicyclic) bond motifs is 1. The summed E-state index contributed by atoms with van der Waals surface area (Å²) in [4.78, 5) is 11.2. The zero-order chi connectivity index (χ0) is 13.9. The van der Waals surface area contributed by atoms with Gasteiger partial charge < -0.3 is 10.2 Å². The Balaban J connectivity index is 1.59. The number of thiazole rings is 1. The van der Waals surface area contributed by atoms with E-state index < -0.39 is 0 Å². The minimum absolute atomic E-state index is 0.534. The van der Waals surface area contributed by atoms with Gasteiger partial charge in [-0.1, -0.05) is 20.3 Å². The van der Waals surface area contributed by atoms with Crippen molar-refractivity contribution in [2.24, 2.45) is 0 Å².